The Kier molecular flexibility index (Phi) is 6.48. The lowest BCUT2D eigenvalue weighted by atomic mass is 10.1. The molecule has 4 nitrogen and oxygen atoms in total. The maximum absolute atomic E-state index is 9.00. The number of anilines is 1. The van der Waals surface area contributed by atoms with Gasteiger partial charge in [-0.2, -0.15) is 0 Å². The van der Waals surface area contributed by atoms with Crippen LogP contribution in [0.4, 0.5) is 5.69 Å². The molecule has 118 valence electrons. The SMILES string of the molecule is CCNC(C)c1ccc(N2CCN(CCO)CC2)c(Br)c1. The van der Waals surface area contributed by atoms with Crippen molar-refractivity contribution in [3.63, 3.8) is 0 Å². The zero-order valence-corrected chi connectivity index (χ0v) is 14.6. The molecule has 0 radical (unpaired) electrons. The molecule has 0 amide bonds. The highest BCUT2D eigenvalue weighted by Gasteiger charge is 2.18. The van der Waals surface area contributed by atoms with E-state index >= 15 is 0 Å². The first kappa shape index (κ1) is 16.7. The maximum atomic E-state index is 9.00. The fourth-order valence-corrected chi connectivity index (χ4v) is 3.47. The van der Waals surface area contributed by atoms with Crippen molar-refractivity contribution in [3.8, 4) is 0 Å². The van der Waals surface area contributed by atoms with Gasteiger partial charge in [-0.3, -0.25) is 4.90 Å². The molecule has 1 aromatic rings. The summed E-state index contributed by atoms with van der Waals surface area (Å²) in [6.07, 6.45) is 0. The lowest BCUT2D eigenvalue weighted by Crippen LogP contribution is -2.47. The van der Waals surface area contributed by atoms with E-state index in [9.17, 15) is 0 Å². The van der Waals surface area contributed by atoms with E-state index in [0.29, 0.717) is 6.04 Å². The van der Waals surface area contributed by atoms with Crippen LogP contribution >= 0.6 is 15.9 Å². The molecule has 1 unspecified atom stereocenters. The summed E-state index contributed by atoms with van der Waals surface area (Å²) in [5.74, 6) is 0. The number of aliphatic hydroxyl groups is 1. The number of β-amino-alcohol motifs (C(OH)–C–C–N with tert-alkyl or cyclic N) is 1. The predicted molar refractivity (Wildman–Crippen MR) is 92.0 cm³/mol. The Hall–Kier alpha value is -0.620. The number of piperazine rings is 1. The summed E-state index contributed by atoms with van der Waals surface area (Å²) in [4.78, 5) is 4.73. The van der Waals surface area contributed by atoms with E-state index in [4.69, 9.17) is 5.11 Å². The zero-order valence-electron chi connectivity index (χ0n) is 13.0. The molecule has 0 saturated carbocycles. The second-order valence-electron chi connectivity index (χ2n) is 5.54. The van der Waals surface area contributed by atoms with Crippen LogP contribution in [0, 0.1) is 0 Å². The third kappa shape index (κ3) is 4.42. The van der Waals surface area contributed by atoms with E-state index in [1.54, 1.807) is 0 Å². The van der Waals surface area contributed by atoms with Crippen LogP contribution < -0.4 is 10.2 Å². The number of hydrogen-bond donors (Lipinski definition) is 2. The highest BCUT2D eigenvalue weighted by Crippen LogP contribution is 2.30. The van der Waals surface area contributed by atoms with Gasteiger partial charge in [0, 0.05) is 43.2 Å². The van der Waals surface area contributed by atoms with Crippen molar-refractivity contribution >= 4 is 21.6 Å². The van der Waals surface area contributed by atoms with Crippen LogP contribution in [-0.2, 0) is 0 Å². The second kappa shape index (κ2) is 8.13. The zero-order chi connectivity index (χ0) is 15.2. The van der Waals surface area contributed by atoms with Gasteiger partial charge < -0.3 is 15.3 Å². The number of nitrogens with one attached hydrogen (secondary N) is 1. The monoisotopic (exact) mass is 355 g/mol. The van der Waals surface area contributed by atoms with Crippen LogP contribution in [0.1, 0.15) is 25.5 Å². The summed E-state index contributed by atoms with van der Waals surface area (Å²) in [6.45, 7) is 10.4. The molecular formula is C16H26BrN3O. The van der Waals surface area contributed by atoms with Crippen LogP contribution in [0.15, 0.2) is 22.7 Å². The Labute approximate surface area is 136 Å². The average Bonchev–Trinajstić information content (AvgIpc) is 2.49. The van der Waals surface area contributed by atoms with E-state index in [2.05, 4.69) is 63.1 Å². The molecule has 0 bridgehead atoms. The molecule has 2 N–H and O–H groups in total. The van der Waals surface area contributed by atoms with Gasteiger partial charge in [-0.1, -0.05) is 13.0 Å². The molecule has 0 aliphatic carbocycles. The minimum Gasteiger partial charge on any atom is -0.395 e. The van der Waals surface area contributed by atoms with Crippen molar-refractivity contribution in [3.05, 3.63) is 28.2 Å². The maximum Gasteiger partial charge on any atom is 0.0558 e. The number of benzene rings is 1. The van der Waals surface area contributed by atoms with E-state index in [1.807, 2.05) is 0 Å². The van der Waals surface area contributed by atoms with Gasteiger partial charge in [0.05, 0.1) is 12.3 Å². The smallest absolute Gasteiger partial charge is 0.0558 e. The van der Waals surface area contributed by atoms with Crippen LogP contribution in [0.2, 0.25) is 0 Å². The van der Waals surface area contributed by atoms with E-state index in [0.717, 1.165) is 39.3 Å². The van der Waals surface area contributed by atoms with E-state index in [-0.39, 0.29) is 6.61 Å². The largest absolute Gasteiger partial charge is 0.395 e. The van der Waals surface area contributed by atoms with Crippen LogP contribution in [0.3, 0.4) is 0 Å². The Morgan fingerprint density at radius 1 is 1.29 bits per heavy atom. The molecule has 1 aliphatic heterocycles. The number of nitrogens with zero attached hydrogens (tertiary/aromatic N) is 2. The van der Waals surface area contributed by atoms with Crippen molar-refractivity contribution in [1.29, 1.82) is 0 Å². The Morgan fingerprint density at radius 3 is 2.57 bits per heavy atom. The fraction of sp³-hybridized carbons (Fsp3) is 0.625. The second-order valence-corrected chi connectivity index (χ2v) is 6.40. The first-order valence-corrected chi connectivity index (χ1v) is 8.56. The standard InChI is InChI=1S/C16H26BrN3O/c1-3-18-13(2)14-4-5-16(15(17)12-14)20-8-6-19(7-9-20)10-11-21/h4-5,12-13,18,21H,3,6-11H2,1-2H3. The normalized spacial score (nSPS) is 18.0. The summed E-state index contributed by atoms with van der Waals surface area (Å²) in [6, 6.07) is 7.03. The molecule has 1 heterocycles. The molecule has 1 atom stereocenters. The van der Waals surface area contributed by atoms with Crippen LogP contribution in [0.5, 0.6) is 0 Å². The summed E-state index contributed by atoms with van der Waals surface area (Å²) < 4.78 is 1.17. The summed E-state index contributed by atoms with van der Waals surface area (Å²) in [7, 11) is 0. The first-order chi connectivity index (χ1) is 10.2. The summed E-state index contributed by atoms with van der Waals surface area (Å²) >= 11 is 3.72. The van der Waals surface area contributed by atoms with Gasteiger partial charge in [0.2, 0.25) is 0 Å². The van der Waals surface area contributed by atoms with E-state index in [1.165, 1.54) is 15.7 Å². The Balaban J connectivity index is 2.01. The highest BCUT2D eigenvalue weighted by molar-refractivity contribution is 9.10. The quantitative estimate of drug-likeness (QED) is 0.820. The first-order valence-electron chi connectivity index (χ1n) is 7.76. The van der Waals surface area contributed by atoms with Gasteiger partial charge in [-0.25, -0.2) is 0 Å². The predicted octanol–water partition coefficient (Wildman–Crippen LogP) is 2.23. The number of halogens is 1. The van der Waals surface area contributed by atoms with Gasteiger partial charge in [0.25, 0.3) is 0 Å². The highest BCUT2D eigenvalue weighted by atomic mass is 79.9. The molecule has 1 saturated heterocycles. The molecule has 0 spiro atoms. The molecule has 2 rings (SSSR count). The van der Waals surface area contributed by atoms with Gasteiger partial charge in [0.1, 0.15) is 0 Å². The van der Waals surface area contributed by atoms with Crippen molar-refractivity contribution in [2.24, 2.45) is 0 Å². The van der Waals surface area contributed by atoms with Gasteiger partial charge >= 0.3 is 0 Å². The Morgan fingerprint density at radius 2 is 2.00 bits per heavy atom. The van der Waals surface area contributed by atoms with Gasteiger partial charge in [0.15, 0.2) is 0 Å². The lowest BCUT2D eigenvalue weighted by Gasteiger charge is -2.36. The molecule has 1 fully saturated rings. The molecule has 5 heteroatoms. The van der Waals surface area contributed by atoms with Crippen LogP contribution in [0.25, 0.3) is 0 Å². The minimum atomic E-state index is 0.251. The Bertz CT molecular complexity index is 447. The van der Waals surface area contributed by atoms with Crippen molar-refractivity contribution in [1.82, 2.24) is 10.2 Å². The van der Waals surface area contributed by atoms with Crippen molar-refractivity contribution in [2.45, 2.75) is 19.9 Å². The third-order valence-corrected chi connectivity index (χ3v) is 4.75. The molecule has 21 heavy (non-hydrogen) atoms. The topological polar surface area (TPSA) is 38.7 Å². The molecule has 0 aromatic heterocycles. The van der Waals surface area contributed by atoms with Crippen molar-refractivity contribution < 1.29 is 5.11 Å². The minimum absolute atomic E-state index is 0.251. The molecular weight excluding hydrogens is 330 g/mol. The van der Waals surface area contributed by atoms with E-state index < -0.39 is 0 Å². The molecule has 1 aliphatic rings. The van der Waals surface area contributed by atoms with Crippen LogP contribution in [-0.4, -0.2) is 55.9 Å². The number of rotatable bonds is 6. The van der Waals surface area contributed by atoms with Gasteiger partial charge in [-0.15, -0.1) is 0 Å². The average molecular weight is 356 g/mol. The fourth-order valence-electron chi connectivity index (χ4n) is 2.83. The van der Waals surface area contributed by atoms with Crippen molar-refractivity contribution in [2.75, 3.05) is 50.8 Å². The summed E-state index contributed by atoms with van der Waals surface area (Å²) in [5.41, 5.74) is 2.58. The lowest BCUT2D eigenvalue weighted by molar-refractivity contribution is 0.188. The molecule has 1 aromatic carbocycles. The van der Waals surface area contributed by atoms with Gasteiger partial charge in [-0.05, 0) is 47.1 Å². The number of hydrogen-bond acceptors (Lipinski definition) is 4. The number of aliphatic hydroxyl groups excluding tert-OH is 1. The third-order valence-electron chi connectivity index (χ3n) is 4.11. The summed E-state index contributed by atoms with van der Waals surface area (Å²) in [5, 5.41) is 12.4.